The van der Waals surface area contributed by atoms with Crippen molar-refractivity contribution in [1.82, 2.24) is 0 Å². The van der Waals surface area contributed by atoms with Gasteiger partial charge in [-0.05, 0) is 80.6 Å². The van der Waals surface area contributed by atoms with E-state index >= 15 is 0 Å². The summed E-state index contributed by atoms with van der Waals surface area (Å²) in [4.78, 5) is 12.5. The number of ether oxygens (including phenoxy) is 3. The zero-order valence-electron chi connectivity index (χ0n) is 22.0. The zero-order valence-corrected chi connectivity index (χ0v) is 22.0. The lowest BCUT2D eigenvalue weighted by Crippen LogP contribution is -2.38. The Morgan fingerprint density at radius 2 is 1.79 bits per heavy atom. The minimum absolute atomic E-state index is 0.00230. The van der Waals surface area contributed by atoms with Gasteiger partial charge in [-0.1, -0.05) is 58.4 Å². The van der Waals surface area contributed by atoms with Crippen molar-refractivity contribution in [3.05, 3.63) is 34.9 Å². The molecule has 5 unspecified atom stereocenters. The molecule has 0 amide bonds. The minimum atomic E-state index is -0.394. The van der Waals surface area contributed by atoms with E-state index in [2.05, 4.69) is 34.6 Å². The van der Waals surface area contributed by atoms with Crippen LogP contribution in [-0.2, 0) is 19.0 Å². The largest absolute Gasteiger partial charge is 0.377 e. The van der Waals surface area contributed by atoms with Gasteiger partial charge < -0.3 is 14.2 Å². The molecule has 0 fully saturated rings. The summed E-state index contributed by atoms with van der Waals surface area (Å²) in [5, 5.41) is 0. The molecule has 0 spiro atoms. The first-order chi connectivity index (χ1) is 15.6. The van der Waals surface area contributed by atoms with Gasteiger partial charge in [-0.15, -0.1) is 0 Å². The van der Waals surface area contributed by atoms with Crippen molar-refractivity contribution < 1.29 is 19.0 Å². The van der Waals surface area contributed by atoms with E-state index in [1.54, 1.807) is 12.7 Å². The Bertz CT molecular complexity index is 767. The van der Waals surface area contributed by atoms with Crippen LogP contribution in [0.5, 0.6) is 0 Å². The second-order valence-corrected chi connectivity index (χ2v) is 11.5. The molecule has 0 saturated carbocycles. The number of allylic oxidation sites excluding steroid dienone is 2. The summed E-state index contributed by atoms with van der Waals surface area (Å²) in [5.74, 6) is 2.02. The van der Waals surface area contributed by atoms with Crippen LogP contribution in [0.2, 0.25) is 0 Å². The van der Waals surface area contributed by atoms with Gasteiger partial charge in [0.2, 0.25) is 0 Å². The Morgan fingerprint density at radius 3 is 2.39 bits per heavy atom. The first-order valence-corrected chi connectivity index (χ1v) is 13.0. The SMILES string of the molecule is COC1C=CC(C(=O)COC(C)OC2CCCC3=C2CCCC3C(C(C)C)C(C)(C)C)=CC1. The van der Waals surface area contributed by atoms with Crippen LogP contribution in [0, 0.1) is 23.2 Å². The highest BCUT2D eigenvalue weighted by Crippen LogP contribution is 2.50. The Hall–Kier alpha value is -1.23. The third kappa shape index (κ3) is 6.68. The Kier molecular flexibility index (Phi) is 9.16. The van der Waals surface area contributed by atoms with Crippen molar-refractivity contribution in [3.8, 4) is 0 Å². The van der Waals surface area contributed by atoms with Gasteiger partial charge in [0, 0.05) is 12.7 Å². The summed E-state index contributed by atoms with van der Waals surface area (Å²) in [6.45, 7) is 14.0. The number of hydrogen-bond donors (Lipinski definition) is 0. The highest BCUT2D eigenvalue weighted by molar-refractivity contribution is 5.99. The van der Waals surface area contributed by atoms with Crippen LogP contribution in [0.3, 0.4) is 0 Å². The van der Waals surface area contributed by atoms with Crippen LogP contribution in [-0.4, -0.2) is 38.0 Å². The predicted octanol–water partition coefficient (Wildman–Crippen LogP) is 6.80. The maximum absolute atomic E-state index is 12.5. The number of rotatable bonds is 9. The van der Waals surface area contributed by atoms with E-state index in [-0.39, 0.29) is 24.6 Å². The van der Waals surface area contributed by atoms with Gasteiger partial charge in [-0.2, -0.15) is 0 Å². The summed E-state index contributed by atoms with van der Waals surface area (Å²) < 4.78 is 17.6. The first-order valence-electron chi connectivity index (χ1n) is 13.0. The van der Waals surface area contributed by atoms with Crippen LogP contribution in [0.15, 0.2) is 34.9 Å². The summed E-state index contributed by atoms with van der Waals surface area (Å²) in [7, 11) is 1.69. The van der Waals surface area contributed by atoms with Crippen LogP contribution < -0.4 is 0 Å². The van der Waals surface area contributed by atoms with Crippen molar-refractivity contribution >= 4 is 5.78 Å². The van der Waals surface area contributed by atoms with E-state index in [9.17, 15) is 4.79 Å². The normalized spacial score (nSPS) is 27.9. The number of carbonyl (C=O) groups excluding carboxylic acids is 1. The highest BCUT2D eigenvalue weighted by Gasteiger charge is 2.40. The molecule has 33 heavy (non-hydrogen) atoms. The maximum Gasteiger partial charge on any atom is 0.188 e. The van der Waals surface area contributed by atoms with Crippen molar-refractivity contribution in [1.29, 1.82) is 0 Å². The molecule has 4 nitrogen and oxygen atoms in total. The highest BCUT2D eigenvalue weighted by atomic mass is 16.7. The van der Waals surface area contributed by atoms with Crippen molar-refractivity contribution in [2.24, 2.45) is 23.2 Å². The molecule has 0 N–H and O–H groups in total. The second kappa shape index (κ2) is 11.5. The molecule has 0 saturated heterocycles. The molecule has 3 aliphatic rings. The predicted molar refractivity (Wildman–Crippen MR) is 134 cm³/mol. The summed E-state index contributed by atoms with van der Waals surface area (Å²) >= 11 is 0. The minimum Gasteiger partial charge on any atom is -0.377 e. The van der Waals surface area contributed by atoms with E-state index in [0.717, 1.165) is 19.3 Å². The monoisotopic (exact) mass is 458 g/mol. The standard InChI is InChI=1S/C29H46O4/c1-19(2)28(29(4,5)6)25-12-8-11-24-23(25)10-9-13-27(24)33-20(3)32-18-26(30)21-14-16-22(31-7)17-15-21/h14-16,19-20,22,25,27-28H,8-13,17-18H2,1-7H3. The van der Waals surface area contributed by atoms with Gasteiger partial charge >= 0.3 is 0 Å². The lowest BCUT2D eigenvalue weighted by molar-refractivity contribution is -0.161. The summed E-state index contributed by atoms with van der Waals surface area (Å²) in [6, 6.07) is 0. The van der Waals surface area contributed by atoms with Gasteiger partial charge in [0.25, 0.3) is 0 Å². The molecule has 0 aromatic heterocycles. The Morgan fingerprint density at radius 1 is 1.09 bits per heavy atom. The lowest BCUT2D eigenvalue weighted by atomic mass is 9.60. The number of ketones is 1. The third-order valence-corrected chi connectivity index (χ3v) is 7.76. The van der Waals surface area contributed by atoms with E-state index < -0.39 is 6.29 Å². The molecule has 0 radical (unpaired) electrons. The van der Waals surface area contributed by atoms with Gasteiger partial charge in [0.1, 0.15) is 6.61 Å². The molecule has 0 aromatic rings. The molecule has 4 heteroatoms. The number of hydrogen-bond acceptors (Lipinski definition) is 4. The van der Waals surface area contributed by atoms with Gasteiger partial charge in [0.05, 0.1) is 12.2 Å². The molecule has 0 bridgehead atoms. The average molecular weight is 459 g/mol. The van der Waals surface area contributed by atoms with Crippen LogP contribution in [0.4, 0.5) is 0 Å². The summed E-state index contributed by atoms with van der Waals surface area (Å²) in [5.41, 5.74) is 4.22. The van der Waals surface area contributed by atoms with Crippen molar-refractivity contribution in [2.75, 3.05) is 13.7 Å². The molecule has 186 valence electrons. The van der Waals surface area contributed by atoms with E-state index in [1.165, 1.54) is 31.3 Å². The maximum atomic E-state index is 12.5. The molecule has 0 heterocycles. The van der Waals surface area contributed by atoms with Crippen molar-refractivity contribution in [3.63, 3.8) is 0 Å². The molecule has 0 aliphatic heterocycles. The van der Waals surface area contributed by atoms with Crippen LogP contribution in [0.25, 0.3) is 0 Å². The zero-order chi connectivity index (χ0) is 24.2. The quantitative estimate of drug-likeness (QED) is 0.281. The molecule has 3 aliphatic carbocycles. The molecule has 0 aromatic carbocycles. The third-order valence-electron chi connectivity index (χ3n) is 7.76. The fraction of sp³-hybridized carbons (Fsp3) is 0.759. The summed E-state index contributed by atoms with van der Waals surface area (Å²) in [6.07, 6.45) is 13.4. The van der Waals surface area contributed by atoms with E-state index in [0.29, 0.717) is 28.7 Å². The van der Waals surface area contributed by atoms with Crippen molar-refractivity contribution in [2.45, 2.75) is 105 Å². The molecular weight excluding hydrogens is 412 g/mol. The lowest BCUT2D eigenvalue weighted by Gasteiger charge is -2.46. The average Bonchev–Trinajstić information content (AvgIpc) is 2.77. The number of methoxy groups -OCH3 is 1. The van der Waals surface area contributed by atoms with Crippen LogP contribution >= 0.6 is 0 Å². The van der Waals surface area contributed by atoms with Gasteiger partial charge in [0.15, 0.2) is 12.1 Å². The topological polar surface area (TPSA) is 44.8 Å². The fourth-order valence-electron chi connectivity index (χ4n) is 6.60. The van der Waals surface area contributed by atoms with Gasteiger partial charge in [-0.3, -0.25) is 4.79 Å². The Labute approximate surface area is 201 Å². The second-order valence-electron chi connectivity index (χ2n) is 11.5. The Balaban J connectivity index is 1.62. The van der Waals surface area contributed by atoms with E-state index in [4.69, 9.17) is 14.2 Å². The number of Topliss-reactive ketones (excluding diaryl/α,β-unsaturated/α-hetero) is 1. The smallest absolute Gasteiger partial charge is 0.188 e. The fourth-order valence-corrected chi connectivity index (χ4v) is 6.60. The van der Waals surface area contributed by atoms with E-state index in [1.807, 2.05) is 25.2 Å². The van der Waals surface area contributed by atoms with Crippen LogP contribution in [0.1, 0.15) is 86.5 Å². The first kappa shape index (κ1) is 26.4. The molecule has 5 atom stereocenters. The number of carbonyl (C=O) groups is 1. The molecular formula is C29H46O4. The van der Waals surface area contributed by atoms with Gasteiger partial charge in [-0.25, -0.2) is 0 Å². The molecule has 3 rings (SSSR count).